The van der Waals surface area contributed by atoms with E-state index in [0.29, 0.717) is 0 Å². The molecule has 17 heavy (non-hydrogen) atoms. The highest BCUT2D eigenvalue weighted by atomic mass is 32.1. The molecular weight excluding hydrogens is 226 g/mol. The molecular formula is C15H25NS. The van der Waals surface area contributed by atoms with Gasteiger partial charge in [-0.05, 0) is 53.0 Å². The summed E-state index contributed by atoms with van der Waals surface area (Å²) in [5, 5.41) is 8.21. The molecule has 1 saturated carbocycles. The van der Waals surface area contributed by atoms with Crippen molar-refractivity contribution < 1.29 is 0 Å². The van der Waals surface area contributed by atoms with Crippen LogP contribution in [-0.4, -0.2) is 6.04 Å². The highest BCUT2D eigenvalue weighted by Crippen LogP contribution is 2.33. The molecule has 1 aromatic heterocycles. The van der Waals surface area contributed by atoms with Crippen molar-refractivity contribution in [2.75, 3.05) is 0 Å². The van der Waals surface area contributed by atoms with Crippen molar-refractivity contribution in [2.24, 2.45) is 17.8 Å². The molecule has 0 aromatic carbocycles. The lowest BCUT2D eigenvalue weighted by Gasteiger charge is -2.38. The lowest BCUT2D eigenvalue weighted by molar-refractivity contribution is 0.169. The lowest BCUT2D eigenvalue weighted by atomic mass is 9.74. The number of nitrogens with one attached hydrogen (secondary N) is 1. The fourth-order valence-corrected chi connectivity index (χ4v) is 3.75. The number of thiophene rings is 1. The first-order chi connectivity index (χ1) is 8.16. The Bertz CT molecular complexity index is 318. The molecule has 1 N–H and O–H groups in total. The Labute approximate surface area is 110 Å². The van der Waals surface area contributed by atoms with Gasteiger partial charge in [-0.3, -0.25) is 0 Å². The Morgan fingerprint density at radius 1 is 1.41 bits per heavy atom. The fraction of sp³-hybridized carbons (Fsp3) is 0.733. The van der Waals surface area contributed by atoms with Gasteiger partial charge in [-0.2, -0.15) is 11.3 Å². The summed E-state index contributed by atoms with van der Waals surface area (Å²) in [7, 11) is 0. The van der Waals surface area contributed by atoms with Crippen molar-refractivity contribution in [3.05, 3.63) is 22.4 Å². The Hall–Kier alpha value is -0.340. The van der Waals surface area contributed by atoms with Crippen LogP contribution in [0.2, 0.25) is 0 Å². The Kier molecular flexibility index (Phi) is 4.63. The minimum absolute atomic E-state index is 0.721. The summed E-state index contributed by atoms with van der Waals surface area (Å²) in [6.45, 7) is 8.19. The normalized spacial score (nSPS) is 29.8. The van der Waals surface area contributed by atoms with Crippen molar-refractivity contribution in [1.29, 1.82) is 0 Å². The van der Waals surface area contributed by atoms with Gasteiger partial charge >= 0.3 is 0 Å². The fourth-order valence-electron chi connectivity index (χ4n) is 3.08. The minimum Gasteiger partial charge on any atom is -0.310 e. The summed E-state index contributed by atoms with van der Waals surface area (Å²) in [5.41, 5.74) is 1.44. The Morgan fingerprint density at radius 3 is 2.88 bits per heavy atom. The summed E-state index contributed by atoms with van der Waals surface area (Å²) >= 11 is 1.79. The smallest absolute Gasteiger partial charge is 0.0216 e. The van der Waals surface area contributed by atoms with Gasteiger partial charge in [-0.15, -0.1) is 0 Å². The third-order valence-corrected chi connectivity index (χ3v) is 4.90. The van der Waals surface area contributed by atoms with E-state index in [9.17, 15) is 0 Å². The molecule has 0 radical (unpaired) electrons. The van der Waals surface area contributed by atoms with Crippen molar-refractivity contribution in [2.45, 2.75) is 52.6 Å². The van der Waals surface area contributed by atoms with E-state index >= 15 is 0 Å². The van der Waals surface area contributed by atoms with E-state index < -0.39 is 0 Å². The molecule has 0 spiro atoms. The van der Waals surface area contributed by atoms with Crippen LogP contribution in [-0.2, 0) is 6.54 Å². The number of rotatable bonds is 4. The van der Waals surface area contributed by atoms with Gasteiger partial charge in [0.1, 0.15) is 0 Å². The van der Waals surface area contributed by atoms with Crippen LogP contribution in [0.4, 0.5) is 0 Å². The number of hydrogen-bond donors (Lipinski definition) is 1. The van der Waals surface area contributed by atoms with Crippen molar-refractivity contribution in [3.63, 3.8) is 0 Å². The first-order valence-electron chi connectivity index (χ1n) is 6.91. The monoisotopic (exact) mass is 251 g/mol. The molecule has 2 heteroatoms. The van der Waals surface area contributed by atoms with E-state index in [0.717, 1.165) is 30.3 Å². The zero-order chi connectivity index (χ0) is 12.3. The van der Waals surface area contributed by atoms with Crippen molar-refractivity contribution >= 4 is 11.3 Å². The average Bonchev–Trinajstić information content (AvgIpc) is 2.78. The molecule has 1 nitrogen and oxygen atoms in total. The Balaban J connectivity index is 1.90. The Morgan fingerprint density at radius 2 is 2.24 bits per heavy atom. The molecule has 0 bridgehead atoms. The van der Waals surface area contributed by atoms with Gasteiger partial charge in [0.15, 0.2) is 0 Å². The van der Waals surface area contributed by atoms with Crippen LogP contribution in [0.5, 0.6) is 0 Å². The van der Waals surface area contributed by atoms with Gasteiger partial charge in [0, 0.05) is 12.6 Å². The predicted octanol–water partition coefficient (Wildman–Crippen LogP) is 4.30. The largest absolute Gasteiger partial charge is 0.310 e. The maximum absolute atomic E-state index is 3.79. The maximum Gasteiger partial charge on any atom is 0.0216 e. The molecule has 1 aromatic rings. The summed E-state index contributed by atoms with van der Waals surface area (Å²) < 4.78 is 0. The van der Waals surface area contributed by atoms with Crippen molar-refractivity contribution in [3.8, 4) is 0 Å². The standard InChI is InChI=1S/C15H25NS/c1-11(2)14-5-4-12(3)8-15(14)16-9-13-6-7-17-10-13/h6-7,10-12,14-16H,4-5,8-9H2,1-3H3. The van der Waals surface area contributed by atoms with Gasteiger partial charge < -0.3 is 5.32 Å². The van der Waals surface area contributed by atoms with Crippen LogP contribution in [0.15, 0.2) is 16.8 Å². The number of hydrogen-bond acceptors (Lipinski definition) is 2. The van der Waals surface area contributed by atoms with Gasteiger partial charge in [0.25, 0.3) is 0 Å². The van der Waals surface area contributed by atoms with Crippen LogP contribution in [0, 0.1) is 17.8 Å². The predicted molar refractivity (Wildman–Crippen MR) is 76.3 cm³/mol. The highest BCUT2D eigenvalue weighted by molar-refractivity contribution is 7.07. The molecule has 3 atom stereocenters. The van der Waals surface area contributed by atoms with E-state index in [2.05, 4.69) is 42.9 Å². The van der Waals surface area contributed by atoms with E-state index in [1.807, 2.05) is 0 Å². The second-order valence-corrected chi connectivity index (χ2v) is 6.73. The lowest BCUT2D eigenvalue weighted by Crippen LogP contribution is -2.42. The molecule has 1 aliphatic rings. The van der Waals surface area contributed by atoms with Crippen LogP contribution < -0.4 is 5.32 Å². The summed E-state index contributed by atoms with van der Waals surface area (Å²) in [5.74, 6) is 2.57. The second-order valence-electron chi connectivity index (χ2n) is 5.95. The second kappa shape index (κ2) is 6.01. The molecule has 0 amide bonds. The topological polar surface area (TPSA) is 12.0 Å². The maximum atomic E-state index is 3.79. The molecule has 0 aliphatic heterocycles. The van der Waals surface area contributed by atoms with Crippen LogP contribution in [0.3, 0.4) is 0 Å². The van der Waals surface area contributed by atoms with Gasteiger partial charge in [-0.25, -0.2) is 0 Å². The van der Waals surface area contributed by atoms with Crippen LogP contribution in [0.1, 0.15) is 45.6 Å². The van der Waals surface area contributed by atoms with Crippen LogP contribution in [0.25, 0.3) is 0 Å². The van der Waals surface area contributed by atoms with E-state index in [4.69, 9.17) is 0 Å². The first kappa shape index (κ1) is 13.1. The van der Waals surface area contributed by atoms with Crippen LogP contribution >= 0.6 is 11.3 Å². The SMILES string of the molecule is CC1CCC(C(C)C)C(NCc2ccsc2)C1. The summed E-state index contributed by atoms with van der Waals surface area (Å²) in [6.07, 6.45) is 4.17. The molecule has 96 valence electrons. The van der Waals surface area contributed by atoms with E-state index in [-0.39, 0.29) is 0 Å². The van der Waals surface area contributed by atoms with Gasteiger partial charge in [-0.1, -0.05) is 27.2 Å². The minimum atomic E-state index is 0.721. The third-order valence-electron chi connectivity index (χ3n) is 4.17. The molecule has 2 rings (SSSR count). The highest BCUT2D eigenvalue weighted by Gasteiger charge is 2.30. The third kappa shape index (κ3) is 3.56. The van der Waals surface area contributed by atoms with Crippen molar-refractivity contribution in [1.82, 2.24) is 5.32 Å². The zero-order valence-corrected chi connectivity index (χ0v) is 12.1. The average molecular weight is 251 g/mol. The molecule has 0 saturated heterocycles. The quantitative estimate of drug-likeness (QED) is 0.841. The molecule has 1 aliphatic carbocycles. The zero-order valence-electron chi connectivity index (χ0n) is 11.3. The van der Waals surface area contributed by atoms with Gasteiger partial charge in [0.2, 0.25) is 0 Å². The summed E-state index contributed by atoms with van der Waals surface area (Å²) in [4.78, 5) is 0. The molecule has 3 unspecified atom stereocenters. The first-order valence-corrected chi connectivity index (χ1v) is 7.85. The summed E-state index contributed by atoms with van der Waals surface area (Å²) in [6, 6.07) is 2.95. The molecule has 1 fully saturated rings. The van der Waals surface area contributed by atoms with E-state index in [1.54, 1.807) is 11.3 Å². The van der Waals surface area contributed by atoms with Gasteiger partial charge in [0.05, 0.1) is 0 Å². The van der Waals surface area contributed by atoms with E-state index in [1.165, 1.54) is 24.8 Å². The molecule has 1 heterocycles.